The number of carbonyl (C=O) groups excluding carboxylic acids is 1. The van der Waals surface area contributed by atoms with Gasteiger partial charge in [-0.3, -0.25) is 9.78 Å². The van der Waals surface area contributed by atoms with Crippen molar-refractivity contribution in [3.05, 3.63) is 53.1 Å². The molecule has 0 spiro atoms. The van der Waals surface area contributed by atoms with Crippen LogP contribution in [-0.2, 0) is 0 Å². The van der Waals surface area contributed by atoms with E-state index in [1.54, 1.807) is 25.3 Å². The van der Waals surface area contributed by atoms with E-state index >= 15 is 0 Å². The highest BCUT2D eigenvalue weighted by Gasteiger charge is 2.08. The SMILES string of the molecule is Cc1cnc(C(=O)Nc2ccc(C)c(C#CCO)c2)cn1. The summed E-state index contributed by atoms with van der Waals surface area (Å²) in [7, 11) is 0. The number of benzene rings is 1. The molecule has 2 rings (SSSR count). The van der Waals surface area contributed by atoms with Crippen molar-refractivity contribution in [1.82, 2.24) is 9.97 Å². The summed E-state index contributed by atoms with van der Waals surface area (Å²) < 4.78 is 0. The Labute approximate surface area is 123 Å². The van der Waals surface area contributed by atoms with Crippen LogP contribution in [0.5, 0.6) is 0 Å². The maximum absolute atomic E-state index is 12.0. The fourth-order valence-electron chi connectivity index (χ4n) is 1.67. The number of nitrogens with one attached hydrogen (secondary N) is 1. The van der Waals surface area contributed by atoms with Gasteiger partial charge in [-0.05, 0) is 31.5 Å². The molecule has 0 unspecified atom stereocenters. The van der Waals surface area contributed by atoms with Crippen molar-refractivity contribution in [1.29, 1.82) is 0 Å². The van der Waals surface area contributed by atoms with Crippen LogP contribution < -0.4 is 5.32 Å². The summed E-state index contributed by atoms with van der Waals surface area (Å²) in [6, 6.07) is 5.41. The summed E-state index contributed by atoms with van der Waals surface area (Å²) in [6.45, 7) is 3.52. The van der Waals surface area contributed by atoms with Gasteiger partial charge in [-0.25, -0.2) is 4.98 Å². The molecule has 0 saturated carbocycles. The first-order valence-corrected chi connectivity index (χ1v) is 6.40. The number of carbonyl (C=O) groups is 1. The van der Waals surface area contributed by atoms with Crippen LogP contribution in [0.3, 0.4) is 0 Å². The van der Waals surface area contributed by atoms with Crippen LogP contribution in [0.15, 0.2) is 30.6 Å². The van der Waals surface area contributed by atoms with Gasteiger partial charge >= 0.3 is 0 Å². The quantitative estimate of drug-likeness (QED) is 0.821. The Balaban J connectivity index is 2.19. The van der Waals surface area contributed by atoms with Crippen molar-refractivity contribution in [2.24, 2.45) is 0 Å². The lowest BCUT2D eigenvalue weighted by Crippen LogP contribution is -2.14. The molecule has 0 saturated heterocycles. The molecule has 1 amide bonds. The summed E-state index contributed by atoms with van der Waals surface area (Å²) >= 11 is 0. The summed E-state index contributed by atoms with van der Waals surface area (Å²) in [5.41, 5.74) is 3.36. The van der Waals surface area contributed by atoms with E-state index in [0.717, 1.165) is 16.8 Å². The number of rotatable bonds is 2. The second-order valence-electron chi connectivity index (χ2n) is 4.49. The lowest BCUT2D eigenvalue weighted by molar-refractivity contribution is 0.102. The van der Waals surface area contributed by atoms with E-state index in [-0.39, 0.29) is 18.2 Å². The van der Waals surface area contributed by atoms with Crippen molar-refractivity contribution >= 4 is 11.6 Å². The van der Waals surface area contributed by atoms with E-state index in [2.05, 4.69) is 27.1 Å². The van der Waals surface area contributed by atoms with Crippen LogP contribution in [0.2, 0.25) is 0 Å². The topological polar surface area (TPSA) is 75.1 Å². The molecule has 0 aliphatic rings. The predicted octanol–water partition coefficient (Wildman–Crippen LogP) is 1.69. The predicted molar refractivity (Wildman–Crippen MR) is 79.9 cm³/mol. The Morgan fingerprint density at radius 3 is 2.76 bits per heavy atom. The maximum atomic E-state index is 12.0. The Hall–Kier alpha value is -2.71. The van der Waals surface area contributed by atoms with Crippen molar-refractivity contribution in [2.75, 3.05) is 11.9 Å². The molecule has 106 valence electrons. The molecule has 1 aromatic carbocycles. The summed E-state index contributed by atoms with van der Waals surface area (Å²) in [5, 5.41) is 11.5. The molecule has 0 aliphatic heterocycles. The minimum atomic E-state index is -0.326. The van der Waals surface area contributed by atoms with Crippen molar-refractivity contribution in [2.45, 2.75) is 13.8 Å². The maximum Gasteiger partial charge on any atom is 0.275 e. The number of aliphatic hydroxyl groups excluding tert-OH is 1. The van der Waals surface area contributed by atoms with Gasteiger partial charge in [0, 0.05) is 17.4 Å². The number of nitrogens with zero attached hydrogens (tertiary/aromatic N) is 2. The highest BCUT2D eigenvalue weighted by Crippen LogP contribution is 2.15. The smallest absolute Gasteiger partial charge is 0.275 e. The molecule has 2 N–H and O–H groups in total. The number of aromatic nitrogens is 2. The van der Waals surface area contributed by atoms with E-state index < -0.39 is 0 Å². The zero-order chi connectivity index (χ0) is 15.2. The van der Waals surface area contributed by atoms with Crippen molar-refractivity contribution in [3.8, 4) is 11.8 Å². The van der Waals surface area contributed by atoms with Crippen molar-refractivity contribution < 1.29 is 9.90 Å². The number of hydrogen-bond acceptors (Lipinski definition) is 4. The van der Waals surface area contributed by atoms with Crippen LogP contribution >= 0.6 is 0 Å². The van der Waals surface area contributed by atoms with Crippen molar-refractivity contribution in [3.63, 3.8) is 0 Å². The fourth-order valence-corrected chi connectivity index (χ4v) is 1.67. The molecule has 0 atom stereocenters. The molecule has 1 aromatic heterocycles. The van der Waals surface area contributed by atoms with E-state index in [9.17, 15) is 4.79 Å². The van der Waals surface area contributed by atoms with Gasteiger partial charge in [0.1, 0.15) is 12.3 Å². The molecular formula is C16H15N3O2. The molecule has 0 bridgehead atoms. The highest BCUT2D eigenvalue weighted by molar-refractivity contribution is 6.02. The average molecular weight is 281 g/mol. The Morgan fingerprint density at radius 2 is 2.10 bits per heavy atom. The number of aliphatic hydroxyl groups is 1. The van der Waals surface area contributed by atoms with Gasteiger partial charge in [0.15, 0.2) is 0 Å². The fraction of sp³-hybridized carbons (Fsp3) is 0.188. The Bertz CT molecular complexity index is 713. The Morgan fingerprint density at radius 1 is 1.29 bits per heavy atom. The van der Waals surface area contributed by atoms with Gasteiger partial charge in [-0.15, -0.1) is 0 Å². The van der Waals surface area contributed by atoms with Gasteiger partial charge in [-0.2, -0.15) is 0 Å². The third-order valence-corrected chi connectivity index (χ3v) is 2.81. The van der Waals surface area contributed by atoms with E-state index in [0.29, 0.717) is 5.69 Å². The first-order valence-electron chi connectivity index (χ1n) is 6.40. The van der Waals surface area contributed by atoms with Gasteiger partial charge < -0.3 is 10.4 Å². The average Bonchev–Trinajstić information content (AvgIpc) is 2.48. The number of amides is 1. The van der Waals surface area contributed by atoms with E-state index in [1.165, 1.54) is 6.20 Å². The molecule has 1 heterocycles. The third kappa shape index (κ3) is 3.88. The Kier molecular flexibility index (Phi) is 4.64. The van der Waals surface area contributed by atoms with Gasteiger partial charge in [0.05, 0.1) is 11.9 Å². The zero-order valence-corrected chi connectivity index (χ0v) is 11.8. The first kappa shape index (κ1) is 14.7. The first-order chi connectivity index (χ1) is 10.1. The molecule has 0 aliphatic carbocycles. The third-order valence-electron chi connectivity index (χ3n) is 2.81. The lowest BCUT2D eigenvalue weighted by Gasteiger charge is -2.06. The van der Waals surface area contributed by atoms with Crippen LogP contribution in [0.1, 0.15) is 27.3 Å². The van der Waals surface area contributed by atoms with Gasteiger partial charge in [-0.1, -0.05) is 17.9 Å². The largest absolute Gasteiger partial charge is 0.384 e. The van der Waals surface area contributed by atoms with Crippen LogP contribution in [-0.4, -0.2) is 27.6 Å². The minimum Gasteiger partial charge on any atom is -0.384 e. The summed E-state index contributed by atoms with van der Waals surface area (Å²) in [4.78, 5) is 20.1. The molecular weight excluding hydrogens is 266 g/mol. The van der Waals surface area contributed by atoms with Crippen LogP contribution in [0.4, 0.5) is 5.69 Å². The highest BCUT2D eigenvalue weighted by atomic mass is 16.2. The molecule has 2 aromatic rings. The second-order valence-corrected chi connectivity index (χ2v) is 4.49. The molecule has 0 fully saturated rings. The summed E-state index contributed by atoms with van der Waals surface area (Å²) in [6.07, 6.45) is 2.98. The normalized spacial score (nSPS) is 9.67. The summed E-state index contributed by atoms with van der Waals surface area (Å²) in [5.74, 6) is 5.11. The van der Waals surface area contributed by atoms with E-state index in [1.807, 2.05) is 13.0 Å². The van der Waals surface area contributed by atoms with Crippen LogP contribution in [0, 0.1) is 25.7 Å². The molecule has 21 heavy (non-hydrogen) atoms. The lowest BCUT2D eigenvalue weighted by atomic mass is 10.1. The number of hydrogen-bond donors (Lipinski definition) is 2. The molecule has 5 heteroatoms. The monoisotopic (exact) mass is 281 g/mol. The van der Waals surface area contributed by atoms with Gasteiger partial charge in [0.2, 0.25) is 0 Å². The standard InChI is InChI=1S/C16H15N3O2/c1-11-5-6-14(8-13(11)4-3-7-20)19-16(21)15-10-17-12(2)9-18-15/h5-6,8-10,20H,7H2,1-2H3,(H,19,21). The second kappa shape index (κ2) is 6.64. The zero-order valence-electron chi connectivity index (χ0n) is 11.8. The minimum absolute atomic E-state index is 0.199. The van der Waals surface area contributed by atoms with E-state index in [4.69, 9.17) is 5.11 Å². The number of aryl methyl sites for hydroxylation is 2. The number of anilines is 1. The van der Waals surface area contributed by atoms with Crippen LogP contribution in [0.25, 0.3) is 0 Å². The molecule has 0 radical (unpaired) electrons. The van der Waals surface area contributed by atoms with Gasteiger partial charge in [0.25, 0.3) is 5.91 Å². The molecule has 5 nitrogen and oxygen atoms in total.